The number of aryl methyl sites for hydroxylation is 4. The molecular weight excluding hydrogens is 959 g/mol. The second-order valence-electron chi connectivity index (χ2n) is 16.7. The summed E-state index contributed by atoms with van der Waals surface area (Å²) in [6.07, 6.45) is 0. The van der Waals surface area contributed by atoms with Crippen molar-refractivity contribution in [3.05, 3.63) is 265 Å². The summed E-state index contributed by atoms with van der Waals surface area (Å²) >= 11 is 3.50. The Balaban J connectivity index is 0.000000168. The molecule has 0 aliphatic heterocycles. The Labute approximate surface area is 450 Å². The summed E-state index contributed by atoms with van der Waals surface area (Å²) in [5.74, 6) is 0. The van der Waals surface area contributed by atoms with Crippen molar-refractivity contribution in [2.45, 2.75) is 27.7 Å². The van der Waals surface area contributed by atoms with Crippen LogP contribution in [0.15, 0.2) is 243 Å². The van der Waals surface area contributed by atoms with Crippen LogP contribution in [0.25, 0.3) is 87.6 Å². The van der Waals surface area contributed by atoms with Crippen LogP contribution in [0.2, 0.25) is 0 Å². The molecule has 12 rings (SSSR count). The molecule has 344 valence electrons. The molecule has 4 heteroatoms. The average Bonchev–Trinajstić information content (AvgIpc) is 4.21. The minimum absolute atomic E-state index is 0. The maximum Gasteiger partial charge on any atom is -1.00 e. The number of fused-ring (bicyclic) bond motifs is 4. The third kappa shape index (κ3) is 13.6. The molecule has 0 bridgehead atoms. The van der Waals surface area contributed by atoms with E-state index in [-0.39, 0.29) is 24.8 Å². The van der Waals surface area contributed by atoms with E-state index in [0.29, 0.717) is 0 Å². The molecule has 0 heterocycles. The molecular formula is C66H56Cl2Ti2-2. The SMILES string of the molecule is Cc1c[cH-]c2ccc(-c3ccccc3)cc12.Cc1c[cH-]c2ccc(-c3ccccc3)cc12.Cc1c[cH-]c2ccc(-c3ccccc3)cc12.Cc1c[cH-]c2ccc(-c3ccccc3)cc12.[CH2]=[Ti+2].[CH2]=[Ti+2].[Cl-].[Cl-]. The first-order chi connectivity index (χ1) is 33.4. The van der Waals surface area contributed by atoms with Crippen LogP contribution < -0.4 is 24.8 Å². The first-order valence-electron chi connectivity index (χ1n) is 22.9. The van der Waals surface area contributed by atoms with Crippen LogP contribution in [-0.4, -0.2) is 9.63 Å². The van der Waals surface area contributed by atoms with Crippen molar-refractivity contribution >= 4 is 52.7 Å². The van der Waals surface area contributed by atoms with E-state index < -0.39 is 0 Å². The van der Waals surface area contributed by atoms with Gasteiger partial charge in [-0.15, -0.1) is 91.6 Å². The Morgan fingerprint density at radius 1 is 0.257 bits per heavy atom. The van der Waals surface area contributed by atoms with Crippen LogP contribution in [-0.2, 0) is 39.9 Å². The fraction of sp³-hybridized carbons (Fsp3) is 0.0606. The van der Waals surface area contributed by atoms with Gasteiger partial charge in [0.05, 0.1) is 0 Å². The topological polar surface area (TPSA) is 0 Å². The third-order valence-corrected chi connectivity index (χ3v) is 12.4. The van der Waals surface area contributed by atoms with E-state index in [2.05, 4.69) is 280 Å². The molecule has 0 saturated carbocycles. The summed E-state index contributed by atoms with van der Waals surface area (Å²) in [4.78, 5) is 6.50. The van der Waals surface area contributed by atoms with Crippen molar-refractivity contribution in [3.8, 4) is 44.5 Å². The van der Waals surface area contributed by atoms with Gasteiger partial charge in [-0.1, -0.05) is 198 Å². The first kappa shape index (κ1) is 54.9. The van der Waals surface area contributed by atoms with Gasteiger partial charge in [0.2, 0.25) is 0 Å². The van der Waals surface area contributed by atoms with Gasteiger partial charge in [0.15, 0.2) is 0 Å². The zero-order valence-electron chi connectivity index (χ0n) is 40.3. The zero-order valence-corrected chi connectivity index (χ0v) is 44.9. The molecule has 70 heavy (non-hydrogen) atoms. The molecule has 0 fully saturated rings. The Morgan fingerprint density at radius 3 is 0.629 bits per heavy atom. The molecule has 12 aromatic rings. The Hall–Kier alpha value is -6.05. The fourth-order valence-corrected chi connectivity index (χ4v) is 8.63. The molecule has 0 aromatic heterocycles. The van der Waals surface area contributed by atoms with Gasteiger partial charge in [-0.05, 0) is 44.5 Å². The standard InChI is InChI=1S/4C16H13.2CH2.2ClH.2Ti/c4*1-12-7-8-14-9-10-15(11-16(12)14)13-5-3-2-4-6-13;;;;;;/h4*2-11H,1H3;2*1H2;2*1H;;/q4*-1;;;;;2*+2/p-2. The number of halogens is 2. The molecule has 0 N–H and O–H groups in total. The predicted molar refractivity (Wildman–Crippen MR) is 293 cm³/mol. The summed E-state index contributed by atoms with van der Waals surface area (Å²) in [7, 11) is 0. The van der Waals surface area contributed by atoms with Gasteiger partial charge in [-0.2, -0.15) is 46.5 Å². The van der Waals surface area contributed by atoms with Crippen LogP contribution >= 0.6 is 0 Å². The minimum atomic E-state index is 0. The average molecular weight is 1020 g/mol. The second-order valence-corrected chi connectivity index (χ2v) is 16.7. The van der Waals surface area contributed by atoms with E-state index in [1.165, 1.54) is 110 Å². The molecule has 0 amide bonds. The van der Waals surface area contributed by atoms with E-state index in [9.17, 15) is 0 Å². The van der Waals surface area contributed by atoms with Crippen molar-refractivity contribution in [2.75, 3.05) is 0 Å². The molecule has 0 nitrogen and oxygen atoms in total. The molecule has 0 atom stereocenters. The monoisotopic (exact) mass is 1010 g/mol. The van der Waals surface area contributed by atoms with Gasteiger partial charge in [0.25, 0.3) is 0 Å². The zero-order chi connectivity index (χ0) is 47.8. The summed E-state index contributed by atoms with van der Waals surface area (Å²) in [5.41, 5.74) is 15.7. The Morgan fingerprint density at radius 2 is 0.443 bits per heavy atom. The summed E-state index contributed by atoms with van der Waals surface area (Å²) < 4.78 is 0. The van der Waals surface area contributed by atoms with Crippen LogP contribution in [0.5, 0.6) is 0 Å². The van der Waals surface area contributed by atoms with Crippen molar-refractivity contribution in [1.82, 2.24) is 0 Å². The second kappa shape index (κ2) is 27.4. The summed E-state index contributed by atoms with van der Waals surface area (Å²) in [6.45, 7) is 8.66. The first-order valence-corrected chi connectivity index (χ1v) is 25.2. The third-order valence-electron chi connectivity index (χ3n) is 12.4. The van der Waals surface area contributed by atoms with Gasteiger partial charge in [-0.25, -0.2) is 0 Å². The van der Waals surface area contributed by atoms with Crippen molar-refractivity contribution < 1.29 is 64.8 Å². The predicted octanol–water partition coefficient (Wildman–Crippen LogP) is 12.1. The van der Waals surface area contributed by atoms with Gasteiger partial charge in [0, 0.05) is 0 Å². The van der Waals surface area contributed by atoms with Gasteiger partial charge >= 0.3 is 49.6 Å². The smallest absolute Gasteiger partial charge is 1.00 e. The number of hydrogen-bond donors (Lipinski definition) is 0. The molecule has 0 spiro atoms. The molecule has 0 aliphatic rings. The van der Waals surface area contributed by atoms with Crippen LogP contribution in [0.3, 0.4) is 0 Å². The normalized spacial score (nSPS) is 10.1. The maximum absolute atomic E-state index is 3.25. The summed E-state index contributed by atoms with van der Waals surface area (Å²) in [5, 5.41) is 10.8. The number of hydrogen-bond acceptors (Lipinski definition) is 0. The molecule has 0 saturated heterocycles. The van der Waals surface area contributed by atoms with Crippen LogP contribution in [0.1, 0.15) is 22.3 Å². The Kier molecular flexibility index (Phi) is 21.5. The molecule has 0 unspecified atom stereocenters. The quantitative estimate of drug-likeness (QED) is 0.122. The molecule has 0 aliphatic carbocycles. The van der Waals surface area contributed by atoms with Gasteiger partial charge < -0.3 is 24.8 Å². The van der Waals surface area contributed by atoms with Crippen molar-refractivity contribution in [1.29, 1.82) is 0 Å². The Bertz CT molecular complexity index is 2980. The fourth-order valence-electron chi connectivity index (χ4n) is 8.63. The molecule has 12 aromatic carbocycles. The van der Waals surface area contributed by atoms with Gasteiger partial charge in [0.1, 0.15) is 0 Å². The van der Waals surface area contributed by atoms with Crippen molar-refractivity contribution in [3.63, 3.8) is 0 Å². The maximum atomic E-state index is 3.25. The van der Waals surface area contributed by atoms with Crippen molar-refractivity contribution in [2.24, 2.45) is 0 Å². The van der Waals surface area contributed by atoms with E-state index >= 15 is 0 Å². The van der Waals surface area contributed by atoms with E-state index in [1.54, 1.807) is 39.9 Å². The minimum Gasteiger partial charge on any atom is -1.00 e. The van der Waals surface area contributed by atoms with Crippen LogP contribution in [0, 0.1) is 27.7 Å². The van der Waals surface area contributed by atoms with E-state index in [0.717, 1.165) is 0 Å². The molecule has 0 radical (unpaired) electrons. The summed E-state index contributed by atoms with van der Waals surface area (Å²) in [6, 6.07) is 86.2. The number of rotatable bonds is 4. The van der Waals surface area contributed by atoms with Gasteiger partial charge in [-0.3, -0.25) is 0 Å². The largest absolute Gasteiger partial charge is 1.00 e. The van der Waals surface area contributed by atoms with E-state index in [1.807, 2.05) is 0 Å². The van der Waals surface area contributed by atoms with Crippen LogP contribution in [0.4, 0.5) is 0 Å². The number of benzene rings is 8. The van der Waals surface area contributed by atoms with E-state index in [4.69, 9.17) is 0 Å².